The van der Waals surface area contributed by atoms with Crippen molar-refractivity contribution in [3.63, 3.8) is 0 Å². The molecule has 1 atom stereocenters. The molecule has 0 bridgehead atoms. The summed E-state index contributed by atoms with van der Waals surface area (Å²) in [6.45, 7) is 10.2. The molecule has 0 spiro atoms. The number of nitrogens with two attached hydrogens (primary N) is 1. The number of benzene rings is 1. The number of phenolic OH excluding ortho intramolecular Hbond substituents is 1. The van der Waals surface area contributed by atoms with Gasteiger partial charge in [-0.15, -0.1) is 0 Å². The smallest absolute Gasteiger partial charge is 0.412 e. The van der Waals surface area contributed by atoms with Crippen LogP contribution in [0.4, 0.5) is 10.5 Å². The molecule has 5 nitrogen and oxygen atoms in total. The lowest BCUT2D eigenvalue weighted by molar-refractivity contribution is 0.0636. The van der Waals surface area contributed by atoms with E-state index in [0.717, 1.165) is 12.0 Å². The highest BCUT2D eigenvalue weighted by atomic mass is 16.6. The number of aromatic hydroxyl groups is 1. The van der Waals surface area contributed by atoms with Crippen LogP contribution >= 0.6 is 0 Å². The van der Waals surface area contributed by atoms with Gasteiger partial charge in [0.25, 0.3) is 0 Å². The lowest BCUT2D eigenvalue weighted by Crippen LogP contribution is -2.28. The Labute approximate surface area is 131 Å². The Kier molecular flexibility index (Phi) is 3.90. The number of amides is 1. The van der Waals surface area contributed by atoms with Crippen LogP contribution in [0.5, 0.6) is 5.75 Å². The zero-order valence-corrected chi connectivity index (χ0v) is 14.0. The third-order valence-electron chi connectivity index (χ3n) is 4.42. The van der Waals surface area contributed by atoms with E-state index in [-0.39, 0.29) is 16.6 Å². The van der Waals surface area contributed by atoms with E-state index in [1.54, 1.807) is 18.2 Å². The minimum atomic E-state index is -0.555. The Balaban J connectivity index is 2.23. The SMILES string of the molecule is CC(C)(C)OC(=O)Nc1ccc(O)c(C2(CN)CC2(C)C)c1. The van der Waals surface area contributed by atoms with Gasteiger partial charge in [0.05, 0.1) is 0 Å². The fraction of sp³-hybridized carbons (Fsp3) is 0.588. The second-order valence-corrected chi connectivity index (χ2v) is 7.71. The molecule has 1 aromatic carbocycles. The standard InChI is InChI=1S/C17H26N2O3/c1-15(2,3)22-14(21)19-11-6-7-13(20)12(8-11)17(10-18)9-16(17,4)5/h6-8,20H,9-10,18H2,1-5H3,(H,19,21). The van der Waals surface area contributed by atoms with E-state index in [9.17, 15) is 9.90 Å². The summed E-state index contributed by atoms with van der Waals surface area (Å²) in [5, 5.41) is 12.9. The van der Waals surface area contributed by atoms with E-state index in [0.29, 0.717) is 12.2 Å². The predicted molar refractivity (Wildman–Crippen MR) is 87.1 cm³/mol. The molecule has 1 aromatic rings. The molecule has 0 radical (unpaired) electrons. The lowest BCUT2D eigenvalue weighted by atomic mass is 9.87. The van der Waals surface area contributed by atoms with Crippen LogP contribution in [0.3, 0.4) is 0 Å². The molecule has 1 amide bonds. The van der Waals surface area contributed by atoms with Gasteiger partial charge >= 0.3 is 6.09 Å². The number of hydrogen-bond donors (Lipinski definition) is 3. The molecule has 1 saturated carbocycles. The van der Waals surface area contributed by atoms with Gasteiger partial charge in [-0.2, -0.15) is 0 Å². The number of hydrogen-bond acceptors (Lipinski definition) is 4. The zero-order chi connectivity index (χ0) is 16.8. The zero-order valence-electron chi connectivity index (χ0n) is 14.0. The highest BCUT2D eigenvalue weighted by Gasteiger charge is 2.62. The fourth-order valence-electron chi connectivity index (χ4n) is 3.05. The molecule has 2 rings (SSSR count). The molecule has 5 heteroatoms. The summed E-state index contributed by atoms with van der Waals surface area (Å²) in [7, 11) is 0. The molecule has 0 aromatic heterocycles. The monoisotopic (exact) mass is 306 g/mol. The number of nitrogens with one attached hydrogen (secondary N) is 1. The van der Waals surface area contributed by atoms with Gasteiger partial charge in [-0.25, -0.2) is 4.79 Å². The maximum Gasteiger partial charge on any atom is 0.412 e. The number of phenols is 1. The van der Waals surface area contributed by atoms with Crippen molar-refractivity contribution < 1.29 is 14.6 Å². The van der Waals surface area contributed by atoms with Crippen molar-refractivity contribution in [3.8, 4) is 5.75 Å². The minimum Gasteiger partial charge on any atom is -0.508 e. The van der Waals surface area contributed by atoms with Crippen molar-refractivity contribution in [3.05, 3.63) is 23.8 Å². The highest BCUT2D eigenvalue weighted by molar-refractivity contribution is 5.85. The molecular weight excluding hydrogens is 280 g/mol. The predicted octanol–water partition coefficient (Wildman–Crippen LogP) is 3.37. The molecule has 0 aliphatic heterocycles. The largest absolute Gasteiger partial charge is 0.508 e. The highest BCUT2D eigenvalue weighted by Crippen LogP contribution is 2.65. The second-order valence-electron chi connectivity index (χ2n) is 7.71. The van der Waals surface area contributed by atoms with Gasteiger partial charge in [-0.05, 0) is 50.8 Å². The molecular formula is C17H26N2O3. The van der Waals surface area contributed by atoms with E-state index >= 15 is 0 Å². The van der Waals surface area contributed by atoms with Crippen LogP contribution in [0.1, 0.15) is 46.6 Å². The Morgan fingerprint density at radius 2 is 2.00 bits per heavy atom. The van der Waals surface area contributed by atoms with Crippen LogP contribution in [0, 0.1) is 5.41 Å². The summed E-state index contributed by atoms with van der Waals surface area (Å²) in [6.07, 6.45) is 0.404. The van der Waals surface area contributed by atoms with Gasteiger partial charge in [-0.3, -0.25) is 5.32 Å². The third-order valence-corrected chi connectivity index (χ3v) is 4.42. The van der Waals surface area contributed by atoms with Crippen LogP contribution in [0.25, 0.3) is 0 Å². The molecule has 1 aliphatic rings. The number of anilines is 1. The van der Waals surface area contributed by atoms with Crippen molar-refractivity contribution in [2.75, 3.05) is 11.9 Å². The first-order chi connectivity index (χ1) is 10.0. The lowest BCUT2D eigenvalue weighted by Gasteiger charge is -2.22. The van der Waals surface area contributed by atoms with Gasteiger partial charge in [0.2, 0.25) is 0 Å². The van der Waals surface area contributed by atoms with E-state index in [1.165, 1.54) is 0 Å². The number of carbonyl (C=O) groups excluding carboxylic acids is 1. The summed E-state index contributed by atoms with van der Waals surface area (Å²) in [6, 6.07) is 5.04. The summed E-state index contributed by atoms with van der Waals surface area (Å²) in [5.41, 5.74) is 6.59. The molecule has 1 fully saturated rings. The van der Waals surface area contributed by atoms with Gasteiger partial charge in [-0.1, -0.05) is 13.8 Å². The van der Waals surface area contributed by atoms with Crippen LogP contribution in [-0.4, -0.2) is 23.3 Å². The summed E-state index contributed by atoms with van der Waals surface area (Å²) in [5.74, 6) is 0.214. The first-order valence-corrected chi connectivity index (χ1v) is 7.54. The van der Waals surface area contributed by atoms with Gasteiger partial charge in [0.15, 0.2) is 0 Å². The quantitative estimate of drug-likeness (QED) is 0.748. The molecule has 1 unspecified atom stereocenters. The van der Waals surface area contributed by atoms with E-state index in [2.05, 4.69) is 19.2 Å². The van der Waals surface area contributed by atoms with Crippen molar-refractivity contribution in [1.29, 1.82) is 0 Å². The molecule has 0 saturated heterocycles. The summed E-state index contributed by atoms with van der Waals surface area (Å²) in [4.78, 5) is 11.9. The number of rotatable bonds is 3. The number of ether oxygens (including phenoxy) is 1. The Morgan fingerprint density at radius 3 is 2.45 bits per heavy atom. The van der Waals surface area contributed by atoms with Crippen molar-refractivity contribution in [2.24, 2.45) is 11.1 Å². The normalized spacial score (nSPS) is 23.0. The molecule has 122 valence electrons. The second kappa shape index (κ2) is 5.16. The Bertz CT molecular complexity index is 590. The fourth-order valence-corrected chi connectivity index (χ4v) is 3.05. The van der Waals surface area contributed by atoms with E-state index < -0.39 is 11.7 Å². The van der Waals surface area contributed by atoms with Crippen molar-refractivity contribution in [2.45, 2.75) is 52.1 Å². The first kappa shape index (κ1) is 16.6. The van der Waals surface area contributed by atoms with E-state index in [4.69, 9.17) is 10.5 Å². The summed E-state index contributed by atoms with van der Waals surface area (Å²) >= 11 is 0. The summed E-state index contributed by atoms with van der Waals surface area (Å²) < 4.78 is 5.24. The molecule has 4 N–H and O–H groups in total. The van der Waals surface area contributed by atoms with Gasteiger partial charge in [0, 0.05) is 23.2 Å². The Morgan fingerprint density at radius 1 is 1.41 bits per heavy atom. The molecule has 0 heterocycles. The van der Waals surface area contributed by atoms with Crippen LogP contribution in [0.15, 0.2) is 18.2 Å². The first-order valence-electron chi connectivity index (χ1n) is 7.54. The van der Waals surface area contributed by atoms with Gasteiger partial charge in [0.1, 0.15) is 11.4 Å². The maximum atomic E-state index is 11.9. The average molecular weight is 306 g/mol. The van der Waals surface area contributed by atoms with E-state index in [1.807, 2.05) is 20.8 Å². The minimum absolute atomic E-state index is 0.0454. The topological polar surface area (TPSA) is 84.6 Å². The molecule has 22 heavy (non-hydrogen) atoms. The van der Waals surface area contributed by atoms with Crippen LogP contribution in [0.2, 0.25) is 0 Å². The third kappa shape index (κ3) is 3.04. The van der Waals surface area contributed by atoms with Crippen LogP contribution in [-0.2, 0) is 10.2 Å². The van der Waals surface area contributed by atoms with Crippen molar-refractivity contribution in [1.82, 2.24) is 0 Å². The van der Waals surface area contributed by atoms with Crippen LogP contribution < -0.4 is 11.1 Å². The average Bonchev–Trinajstić information content (AvgIpc) is 2.92. The number of carbonyl (C=O) groups is 1. The van der Waals surface area contributed by atoms with Gasteiger partial charge < -0.3 is 15.6 Å². The molecule has 1 aliphatic carbocycles. The maximum absolute atomic E-state index is 11.9. The Hall–Kier alpha value is -1.75. The van der Waals surface area contributed by atoms with Crippen molar-refractivity contribution >= 4 is 11.8 Å².